The van der Waals surface area contributed by atoms with Gasteiger partial charge in [-0.25, -0.2) is 9.48 Å². The summed E-state index contributed by atoms with van der Waals surface area (Å²) in [7, 11) is 0. The summed E-state index contributed by atoms with van der Waals surface area (Å²) in [5.74, 6) is -1.04. The van der Waals surface area contributed by atoms with Gasteiger partial charge in [-0.3, -0.25) is 0 Å². The average Bonchev–Trinajstić information content (AvgIpc) is 2.92. The molecule has 0 aliphatic rings. The van der Waals surface area contributed by atoms with E-state index in [0.717, 1.165) is 18.4 Å². The lowest BCUT2D eigenvalue weighted by molar-refractivity contribution is 0.0691. The lowest BCUT2D eigenvalue weighted by Gasteiger charge is -2.07. The van der Waals surface area contributed by atoms with Gasteiger partial charge in [0.05, 0.1) is 0 Å². The van der Waals surface area contributed by atoms with Crippen LogP contribution in [0.25, 0.3) is 11.3 Å². The van der Waals surface area contributed by atoms with Crippen LogP contribution in [0.2, 0.25) is 0 Å². The summed E-state index contributed by atoms with van der Waals surface area (Å²) >= 11 is 0. The summed E-state index contributed by atoms with van der Waals surface area (Å²) in [6, 6.07) is 9.46. The predicted molar refractivity (Wildman–Crippen MR) is 81.2 cm³/mol. The average molecular weight is 287 g/mol. The van der Waals surface area contributed by atoms with Crippen LogP contribution in [-0.2, 0) is 6.54 Å². The molecule has 0 saturated heterocycles. The Balaban J connectivity index is 2.16. The van der Waals surface area contributed by atoms with E-state index in [9.17, 15) is 9.90 Å². The van der Waals surface area contributed by atoms with Crippen LogP contribution in [0.5, 0.6) is 0 Å². The fourth-order valence-electron chi connectivity index (χ4n) is 2.36. The van der Waals surface area contributed by atoms with Crippen molar-refractivity contribution in [2.75, 3.05) is 0 Å². The van der Waals surface area contributed by atoms with Gasteiger partial charge in [0.15, 0.2) is 5.69 Å². The van der Waals surface area contributed by atoms with Gasteiger partial charge >= 0.3 is 5.97 Å². The molecule has 0 saturated carbocycles. The van der Waals surface area contributed by atoms with Gasteiger partial charge in [-0.2, -0.15) is 0 Å². The van der Waals surface area contributed by atoms with Gasteiger partial charge in [0.2, 0.25) is 0 Å². The number of aryl methyl sites for hydroxylation is 1. The van der Waals surface area contributed by atoms with Crippen LogP contribution in [0.3, 0.4) is 0 Å². The van der Waals surface area contributed by atoms with Crippen molar-refractivity contribution < 1.29 is 9.90 Å². The Hall–Kier alpha value is -2.17. The second-order valence-electron chi connectivity index (χ2n) is 5.10. The summed E-state index contributed by atoms with van der Waals surface area (Å²) in [6.07, 6.45) is 5.77. The molecular formula is C16H21N3O2. The molecule has 0 unspecified atom stereocenters. The summed E-state index contributed by atoms with van der Waals surface area (Å²) < 4.78 is 1.71. The maximum Gasteiger partial charge on any atom is 0.358 e. The Bertz CT molecular complexity index is 578. The molecule has 1 N–H and O–H groups in total. The molecule has 0 aliphatic carbocycles. The van der Waals surface area contributed by atoms with Gasteiger partial charge in [0, 0.05) is 12.1 Å². The van der Waals surface area contributed by atoms with Crippen molar-refractivity contribution in [1.29, 1.82) is 0 Å². The SMILES string of the molecule is CCCCCCCn1nnc(C(=O)O)c1-c1ccccc1. The number of hydrogen-bond donors (Lipinski definition) is 1. The molecule has 1 aromatic heterocycles. The van der Waals surface area contributed by atoms with E-state index in [2.05, 4.69) is 17.2 Å². The number of aromatic nitrogens is 3. The van der Waals surface area contributed by atoms with Crippen LogP contribution >= 0.6 is 0 Å². The zero-order valence-corrected chi connectivity index (χ0v) is 12.3. The molecule has 1 heterocycles. The molecule has 0 aliphatic heterocycles. The molecule has 0 radical (unpaired) electrons. The highest BCUT2D eigenvalue weighted by Crippen LogP contribution is 2.22. The largest absolute Gasteiger partial charge is 0.476 e. The number of rotatable bonds is 8. The highest BCUT2D eigenvalue weighted by atomic mass is 16.4. The van der Waals surface area contributed by atoms with Gasteiger partial charge in [0.25, 0.3) is 0 Å². The number of carbonyl (C=O) groups is 1. The monoisotopic (exact) mass is 287 g/mol. The van der Waals surface area contributed by atoms with Gasteiger partial charge in [-0.15, -0.1) is 5.10 Å². The second kappa shape index (κ2) is 7.57. The maximum atomic E-state index is 11.3. The Kier molecular flexibility index (Phi) is 5.49. The molecule has 0 amide bonds. The molecule has 5 nitrogen and oxygen atoms in total. The molecule has 2 aromatic rings. The molecule has 112 valence electrons. The van der Waals surface area contributed by atoms with E-state index in [0.29, 0.717) is 12.2 Å². The Morgan fingerprint density at radius 1 is 1.14 bits per heavy atom. The topological polar surface area (TPSA) is 68.0 Å². The number of carboxylic acids is 1. The predicted octanol–water partition coefficient (Wildman–Crippen LogP) is 3.61. The van der Waals surface area contributed by atoms with Gasteiger partial charge < -0.3 is 5.11 Å². The van der Waals surface area contributed by atoms with Crippen molar-refractivity contribution in [3.63, 3.8) is 0 Å². The minimum Gasteiger partial charge on any atom is -0.476 e. The minimum atomic E-state index is -1.04. The maximum absolute atomic E-state index is 11.3. The first kappa shape index (κ1) is 15.2. The molecule has 1 aromatic carbocycles. The standard InChI is InChI=1S/C16H21N3O2/c1-2-3-4-5-9-12-19-15(13-10-7-6-8-11-13)14(16(20)21)17-18-19/h6-8,10-11H,2-5,9,12H2,1H3,(H,20,21). The van der Waals surface area contributed by atoms with Crippen molar-refractivity contribution in [2.45, 2.75) is 45.6 Å². The number of carboxylic acid groups (broad SMARTS) is 1. The minimum absolute atomic E-state index is 0.0229. The van der Waals surface area contributed by atoms with Crippen LogP contribution in [0.4, 0.5) is 0 Å². The molecule has 0 bridgehead atoms. The fourth-order valence-corrected chi connectivity index (χ4v) is 2.36. The van der Waals surface area contributed by atoms with Crippen molar-refractivity contribution in [3.8, 4) is 11.3 Å². The number of nitrogens with zero attached hydrogens (tertiary/aromatic N) is 3. The summed E-state index contributed by atoms with van der Waals surface area (Å²) in [6.45, 7) is 2.89. The van der Waals surface area contributed by atoms with E-state index >= 15 is 0 Å². The Morgan fingerprint density at radius 2 is 1.86 bits per heavy atom. The molecule has 0 atom stereocenters. The lowest BCUT2D eigenvalue weighted by atomic mass is 10.1. The third kappa shape index (κ3) is 3.90. The molecular weight excluding hydrogens is 266 g/mol. The molecule has 0 fully saturated rings. The van der Waals surface area contributed by atoms with Gasteiger partial charge in [-0.1, -0.05) is 68.2 Å². The van der Waals surface area contributed by atoms with E-state index < -0.39 is 5.97 Å². The normalized spacial score (nSPS) is 10.7. The number of unbranched alkanes of at least 4 members (excludes halogenated alkanes) is 4. The smallest absolute Gasteiger partial charge is 0.358 e. The number of benzene rings is 1. The van der Waals surface area contributed by atoms with E-state index in [1.165, 1.54) is 19.3 Å². The zero-order chi connectivity index (χ0) is 15.1. The van der Waals surface area contributed by atoms with Crippen LogP contribution in [-0.4, -0.2) is 26.1 Å². The quantitative estimate of drug-likeness (QED) is 0.753. The Morgan fingerprint density at radius 3 is 2.52 bits per heavy atom. The zero-order valence-electron chi connectivity index (χ0n) is 12.3. The first-order valence-electron chi connectivity index (χ1n) is 7.46. The summed E-state index contributed by atoms with van der Waals surface area (Å²) in [5, 5.41) is 17.1. The van der Waals surface area contributed by atoms with Crippen LogP contribution in [0.15, 0.2) is 30.3 Å². The van der Waals surface area contributed by atoms with E-state index in [1.54, 1.807) is 4.68 Å². The second-order valence-corrected chi connectivity index (χ2v) is 5.10. The van der Waals surface area contributed by atoms with Gasteiger partial charge in [0.1, 0.15) is 5.69 Å². The fraction of sp³-hybridized carbons (Fsp3) is 0.438. The summed E-state index contributed by atoms with van der Waals surface area (Å²) in [4.78, 5) is 11.3. The highest BCUT2D eigenvalue weighted by Gasteiger charge is 2.19. The van der Waals surface area contributed by atoms with Crippen molar-refractivity contribution in [2.24, 2.45) is 0 Å². The van der Waals surface area contributed by atoms with E-state index in [-0.39, 0.29) is 5.69 Å². The van der Waals surface area contributed by atoms with E-state index in [4.69, 9.17) is 0 Å². The van der Waals surface area contributed by atoms with Crippen LogP contribution in [0, 0.1) is 0 Å². The summed E-state index contributed by atoms with van der Waals surface area (Å²) in [5.41, 5.74) is 1.46. The van der Waals surface area contributed by atoms with Gasteiger partial charge in [-0.05, 0) is 6.42 Å². The first-order valence-corrected chi connectivity index (χ1v) is 7.46. The van der Waals surface area contributed by atoms with Crippen LogP contribution < -0.4 is 0 Å². The lowest BCUT2D eigenvalue weighted by Crippen LogP contribution is -2.05. The Labute approximate surface area is 124 Å². The molecule has 5 heteroatoms. The molecule has 0 spiro atoms. The number of hydrogen-bond acceptors (Lipinski definition) is 3. The third-order valence-electron chi connectivity index (χ3n) is 3.46. The first-order chi connectivity index (χ1) is 10.2. The highest BCUT2D eigenvalue weighted by molar-refractivity contribution is 5.92. The number of aromatic carboxylic acids is 1. The van der Waals surface area contributed by atoms with Crippen molar-refractivity contribution >= 4 is 5.97 Å². The van der Waals surface area contributed by atoms with E-state index in [1.807, 2.05) is 30.3 Å². The van der Waals surface area contributed by atoms with Crippen molar-refractivity contribution in [3.05, 3.63) is 36.0 Å². The van der Waals surface area contributed by atoms with Crippen molar-refractivity contribution in [1.82, 2.24) is 15.0 Å². The molecule has 2 rings (SSSR count). The van der Waals surface area contributed by atoms with Crippen LogP contribution in [0.1, 0.15) is 49.5 Å². The molecule has 21 heavy (non-hydrogen) atoms. The third-order valence-corrected chi connectivity index (χ3v) is 3.46.